The molecule has 0 heterocycles. The van der Waals surface area contributed by atoms with Gasteiger partial charge in [0.2, 0.25) is 0 Å². The Morgan fingerprint density at radius 1 is 0.727 bits per heavy atom. The molecule has 0 aliphatic heterocycles. The predicted molar refractivity (Wildman–Crippen MR) is 84.4 cm³/mol. The molecular weight excluding hydrogens is 288 g/mol. The van der Waals surface area contributed by atoms with Crippen LogP contribution in [0.25, 0.3) is 0 Å². The number of aliphatic hydroxyl groups excluding tert-OH is 2. The van der Waals surface area contributed by atoms with Crippen LogP contribution in [0.15, 0.2) is 0 Å². The van der Waals surface area contributed by atoms with Crippen molar-refractivity contribution in [3.8, 4) is 0 Å². The average Bonchev–Trinajstić information content (AvgIpc) is 2.52. The number of carbonyl (C=O) groups is 2. The molecular formula is C16H32O6. The normalized spacial score (nSPS) is 9.64. The van der Waals surface area contributed by atoms with Crippen LogP contribution in [-0.4, -0.2) is 48.6 Å². The molecule has 22 heavy (non-hydrogen) atoms. The number of hydrogen-bond acceptors (Lipinski definition) is 6. The number of hydrogen-bond donors (Lipinski definition) is 2. The first-order chi connectivity index (χ1) is 10.6. The zero-order valence-corrected chi connectivity index (χ0v) is 14.0. The van der Waals surface area contributed by atoms with Crippen LogP contribution in [0.5, 0.6) is 0 Å². The molecule has 0 aromatic carbocycles. The summed E-state index contributed by atoms with van der Waals surface area (Å²) in [7, 11) is 0. The Bertz CT molecular complexity index is 229. The summed E-state index contributed by atoms with van der Waals surface area (Å²) in [6.45, 7) is 4.27. The van der Waals surface area contributed by atoms with Crippen molar-refractivity contribution in [1.82, 2.24) is 0 Å². The first-order valence-corrected chi connectivity index (χ1v) is 8.15. The first kappa shape index (κ1) is 23.1. The number of rotatable bonds is 12. The van der Waals surface area contributed by atoms with Crippen LogP contribution in [0.3, 0.4) is 0 Å². The fourth-order valence-corrected chi connectivity index (χ4v) is 1.49. The molecule has 0 aliphatic carbocycles. The summed E-state index contributed by atoms with van der Waals surface area (Å²) in [5, 5.41) is 15.2. The number of ether oxygens (including phenoxy) is 2. The van der Waals surface area contributed by atoms with Gasteiger partial charge in [-0.05, 0) is 12.8 Å². The SMILES string of the molecule is CCCCCC(=O)OCCOC(=O)CCCCC.OCCO. The number of aliphatic hydroxyl groups is 2. The highest BCUT2D eigenvalue weighted by atomic mass is 16.6. The summed E-state index contributed by atoms with van der Waals surface area (Å²) < 4.78 is 9.90. The van der Waals surface area contributed by atoms with E-state index in [0.717, 1.165) is 38.5 Å². The quantitative estimate of drug-likeness (QED) is 0.423. The maximum atomic E-state index is 11.2. The third-order valence-electron chi connectivity index (χ3n) is 2.68. The third-order valence-corrected chi connectivity index (χ3v) is 2.68. The zero-order chi connectivity index (χ0) is 17.1. The van der Waals surface area contributed by atoms with E-state index in [4.69, 9.17) is 19.7 Å². The molecule has 0 rings (SSSR count). The van der Waals surface area contributed by atoms with Crippen molar-refractivity contribution in [2.24, 2.45) is 0 Å². The Morgan fingerprint density at radius 3 is 1.36 bits per heavy atom. The van der Waals surface area contributed by atoms with Gasteiger partial charge in [-0.3, -0.25) is 9.59 Å². The molecule has 0 radical (unpaired) electrons. The maximum absolute atomic E-state index is 11.2. The Hall–Kier alpha value is -1.14. The topological polar surface area (TPSA) is 93.1 Å². The van der Waals surface area contributed by atoms with E-state index in [1.54, 1.807) is 0 Å². The molecule has 0 aromatic heterocycles. The van der Waals surface area contributed by atoms with Crippen molar-refractivity contribution < 1.29 is 29.3 Å². The van der Waals surface area contributed by atoms with Gasteiger partial charge < -0.3 is 19.7 Å². The van der Waals surface area contributed by atoms with Gasteiger partial charge in [-0.15, -0.1) is 0 Å². The van der Waals surface area contributed by atoms with Crippen LogP contribution in [0.1, 0.15) is 65.2 Å². The lowest BCUT2D eigenvalue weighted by Gasteiger charge is -2.06. The summed E-state index contributed by atoms with van der Waals surface area (Å²) in [4.78, 5) is 22.4. The minimum Gasteiger partial charge on any atom is -0.462 e. The second-order valence-electron chi connectivity index (χ2n) is 4.80. The summed E-state index contributed by atoms with van der Waals surface area (Å²) in [5.41, 5.74) is 0. The second-order valence-corrected chi connectivity index (χ2v) is 4.80. The lowest BCUT2D eigenvalue weighted by atomic mass is 10.2. The Kier molecular flexibility index (Phi) is 20.9. The van der Waals surface area contributed by atoms with Crippen LogP contribution in [-0.2, 0) is 19.1 Å². The van der Waals surface area contributed by atoms with Gasteiger partial charge in [0, 0.05) is 12.8 Å². The third kappa shape index (κ3) is 21.2. The molecule has 0 saturated carbocycles. The molecule has 0 saturated heterocycles. The predicted octanol–water partition coefficient (Wildman–Crippen LogP) is 2.20. The summed E-state index contributed by atoms with van der Waals surface area (Å²) in [6.07, 6.45) is 6.91. The van der Waals surface area contributed by atoms with Crippen molar-refractivity contribution in [3.05, 3.63) is 0 Å². The van der Waals surface area contributed by atoms with Crippen LogP contribution < -0.4 is 0 Å². The smallest absolute Gasteiger partial charge is 0.305 e. The Labute approximate surface area is 133 Å². The van der Waals surface area contributed by atoms with E-state index >= 15 is 0 Å². The molecule has 0 bridgehead atoms. The van der Waals surface area contributed by atoms with Crippen molar-refractivity contribution in [3.63, 3.8) is 0 Å². The Balaban J connectivity index is 0. The second kappa shape index (κ2) is 19.9. The minimum atomic E-state index is -0.203. The molecule has 132 valence electrons. The zero-order valence-electron chi connectivity index (χ0n) is 14.0. The molecule has 0 atom stereocenters. The van der Waals surface area contributed by atoms with Gasteiger partial charge in [-0.25, -0.2) is 0 Å². The lowest BCUT2D eigenvalue weighted by Crippen LogP contribution is -2.13. The summed E-state index contributed by atoms with van der Waals surface area (Å²) in [6, 6.07) is 0. The summed E-state index contributed by atoms with van der Waals surface area (Å²) >= 11 is 0. The van der Waals surface area contributed by atoms with E-state index < -0.39 is 0 Å². The molecule has 0 unspecified atom stereocenters. The lowest BCUT2D eigenvalue weighted by molar-refractivity contribution is -0.152. The maximum Gasteiger partial charge on any atom is 0.305 e. The number of carbonyl (C=O) groups excluding carboxylic acids is 2. The van der Waals surface area contributed by atoms with Gasteiger partial charge in [-0.2, -0.15) is 0 Å². The molecule has 2 N–H and O–H groups in total. The fraction of sp³-hybridized carbons (Fsp3) is 0.875. The highest BCUT2D eigenvalue weighted by molar-refractivity contribution is 5.70. The highest BCUT2D eigenvalue weighted by Gasteiger charge is 2.04. The van der Waals surface area contributed by atoms with E-state index in [2.05, 4.69) is 13.8 Å². The van der Waals surface area contributed by atoms with E-state index in [0.29, 0.717) is 12.8 Å². The van der Waals surface area contributed by atoms with Gasteiger partial charge >= 0.3 is 11.9 Å². The van der Waals surface area contributed by atoms with Gasteiger partial charge in [0.15, 0.2) is 0 Å². The minimum absolute atomic E-state index is 0.125. The molecule has 6 nitrogen and oxygen atoms in total. The largest absolute Gasteiger partial charge is 0.462 e. The fourth-order valence-electron chi connectivity index (χ4n) is 1.49. The molecule has 0 aromatic rings. The molecule has 0 amide bonds. The monoisotopic (exact) mass is 320 g/mol. The van der Waals surface area contributed by atoms with Crippen molar-refractivity contribution >= 4 is 11.9 Å². The van der Waals surface area contributed by atoms with Crippen LogP contribution in [0, 0.1) is 0 Å². The standard InChI is InChI=1S/C14H26O4.C2H6O2/c1-3-5-7-9-13(15)17-11-12-18-14(16)10-8-6-4-2;3-1-2-4/h3-12H2,1-2H3;3-4H,1-2H2. The average molecular weight is 320 g/mol. The van der Waals surface area contributed by atoms with Crippen LogP contribution >= 0.6 is 0 Å². The van der Waals surface area contributed by atoms with Gasteiger partial charge in [0.25, 0.3) is 0 Å². The van der Waals surface area contributed by atoms with E-state index in [1.807, 2.05) is 0 Å². The number of esters is 2. The van der Waals surface area contributed by atoms with Crippen molar-refractivity contribution in [2.45, 2.75) is 65.2 Å². The van der Waals surface area contributed by atoms with E-state index in [1.165, 1.54) is 0 Å². The Morgan fingerprint density at radius 2 is 1.09 bits per heavy atom. The van der Waals surface area contributed by atoms with E-state index in [-0.39, 0.29) is 38.4 Å². The van der Waals surface area contributed by atoms with Gasteiger partial charge in [0.1, 0.15) is 13.2 Å². The first-order valence-electron chi connectivity index (χ1n) is 8.15. The van der Waals surface area contributed by atoms with Crippen LogP contribution in [0.2, 0.25) is 0 Å². The van der Waals surface area contributed by atoms with E-state index in [9.17, 15) is 9.59 Å². The van der Waals surface area contributed by atoms with Gasteiger partial charge in [0.05, 0.1) is 13.2 Å². The van der Waals surface area contributed by atoms with Crippen molar-refractivity contribution in [1.29, 1.82) is 0 Å². The molecule has 0 aliphatic rings. The number of unbranched alkanes of at least 4 members (excludes halogenated alkanes) is 4. The molecule has 6 heteroatoms. The molecule has 0 spiro atoms. The summed E-state index contributed by atoms with van der Waals surface area (Å²) in [5.74, 6) is -0.407. The highest BCUT2D eigenvalue weighted by Crippen LogP contribution is 2.02. The van der Waals surface area contributed by atoms with Crippen molar-refractivity contribution in [2.75, 3.05) is 26.4 Å². The van der Waals surface area contributed by atoms with Crippen LogP contribution in [0.4, 0.5) is 0 Å². The van der Waals surface area contributed by atoms with Gasteiger partial charge in [-0.1, -0.05) is 39.5 Å². The molecule has 0 fully saturated rings.